The summed E-state index contributed by atoms with van der Waals surface area (Å²) in [6.07, 6.45) is 0.0367. The Labute approximate surface area is 258 Å². The van der Waals surface area contributed by atoms with E-state index in [0.29, 0.717) is 11.8 Å². The second-order valence-corrected chi connectivity index (χ2v) is 13.5. The second kappa shape index (κ2) is 11.4. The van der Waals surface area contributed by atoms with Gasteiger partial charge in [-0.3, -0.25) is 0 Å². The normalized spacial score (nSPS) is 13.7. The maximum atomic E-state index is 2.67. The van der Waals surface area contributed by atoms with E-state index in [0.717, 1.165) is 0 Å². The predicted octanol–water partition coefficient (Wildman–Crippen LogP) is 11.9. The van der Waals surface area contributed by atoms with Gasteiger partial charge in [0.15, 0.2) is 0 Å². The Morgan fingerprint density at radius 1 is 0.465 bits per heavy atom. The van der Waals surface area contributed by atoms with Gasteiger partial charge < -0.3 is 9.80 Å². The van der Waals surface area contributed by atoms with Gasteiger partial charge in [0, 0.05) is 16.5 Å². The second-order valence-electron chi connectivity index (χ2n) is 13.5. The van der Waals surface area contributed by atoms with Crippen LogP contribution < -0.4 is 9.80 Å². The zero-order valence-electron chi connectivity index (χ0n) is 26.7. The smallest absolute Gasteiger partial charge is 0.116 e. The molecule has 1 aliphatic heterocycles. The minimum absolute atomic E-state index is 0.0367. The van der Waals surface area contributed by atoms with Crippen LogP contribution in [0.1, 0.15) is 71.4 Å². The zero-order valence-corrected chi connectivity index (χ0v) is 26.7. The van der Waals surface area contributed by atoms with Crippen molar-refractivity contribution < 1.29 is 0 Å². The quantitative estimate of drug-likeness (QED) is 0.202. The molecular weight excluding hydrogens is 520 g/mol. The van der Waals surface area contributed by atoms with Crippen LogP contribution in [0.5, 0.6) is 0 Å². The first-order chi connectivity index (χ1) is 20.7. The summed E-state index contributed by atoms with van der Waals surface area (Å²) in [7, 11) is 0. The van der Waals surface area contributed by atoms with Crippen LogP contribution in [0.3, 0.4) is 0 Å². The van der Waals surface area contributed by atoms with Gasteiger partial charge in [-0.05, 0) is 46.2 Å². The topological polar surface area (TPSA) is 6.48 Å². The Balaban J connectivity index is 1.71. The SMILES string of the molecule is CC(C)c1cccc(-c2ccccc2)c1N1c2ccccc2N(c2c(-c3ccccc3)cccc2C(C)C)C1C(C)(C)C. The first-order valence-corrected chi connectivity index (χ1v) is 15.7. The van der Waals surface area contributed by atoms with Crippen LogP contribution in [-0.2, 0) is 0 Å². The lowest BCUT2D eigenvalue weighted by molar-refractivity contribution is 0.329. The van der Waals surface area contributed by atoms with Gasteiger partial charge in [0.25, 0.3) is 0 Å². The lowest BCUT2D eigenvalue weighted by Crippen LogP contribution is -2.48. The molecule has 0 saturated carbocycles. The summed E-state index contributed by atoms with van der Waals surface area (Å²) in [4.78, 5) is 5.33. The molecule has 6 rings (SSSR count). The van der Waals surface area contributed by atoms with E-state index in [2.05, 4.69) is 180 Å². The molecule has 0 spiro atoms. The molecule has 5 aromatic rings. The van der Waals surface area contributed by atoms with Crippen molar-refractivity contribution in [2.75, 3.05) is 9.80 Å². The highest BCUT2D eigenvalue weighted by molar-refractivity contribution is 5.97. The van der Waals surface area contributed by atoms with E-state index in [1.807, 2.05) is 0 Å². The van der Waals surface area contributed by atoms with Gasteiger partial charge in [-0.15, -0.1) is 0 Å². The fourth-order valence-corrected chi connectivity index (χ4v) is 6.80. The van der Waals surface area contributed by atoms with Crippen LogP contribution in [0.15, 0.2) is 121 Å². The molecule has 1 heterocycles. The van der Waals surface area contributed by atoms with E-state index in [4.69, 9.17) is 0 Å². The summed E-state index contributed by atoms with van der Waals surface area (Å²) in [5.41, 5.74) is 12.8. The molecule has 218 valence electrons. The average molecular weight is 565 g/mol. The number of hydrogen-bond acceptors (Lipinski definition) is 2. The molecule has 0 atom stereocenters. The third kappa shape index (κ3) is 5.14. The molecule has 0 unspecified atom stereocenters. The monoisotopic (exact) mass is 564 g/mol. The molecule has 0 aliphatic carbocycles. The third-order valence-corrected chi connectivity index (χ3v) is 8.69. The molecule has 5 aromatic carbocycles. The van der Waals surface area contributed by atoms with Crippen LogP contribution >= 0.6 is 0 Å². The molecule has 43 heavy (non-hydrogen) atoms. The number of rotatable bonds is 6. The molecule has 0 amide bonds. The van der Waals surface area contributed by atoms with E-state index in [9.17, 15) is 0 Å². The van der Waals surface area contributed by atoms with E-state index in [-0.39, 0.29) is 11.6 Å². The maximum Gasteiger partial charge on any atom is 0.116 e. The largest absolute Gasteiger partial charge is 0.317 e. The predicted molar refractivity (Wildman–Crippen MR) is 186 cm³/mol. The van der Waals surface area contributed by atoms with Gasteiger partial charge in [-0.2, -0.15) is 0 Å². The molecule has 0 bridgehead atoms. The molecule has 2 heteroatoms. The Bertz CT molecular complexity index is 1590. The summed E-state index contributed by atoms with van der Waals surface area (Å²) in [5, 5.41) is 0. The van der Waals surface area contributed by atoms with Gasteiger partial charge in [0.1, 0.15) is 6.17 Å². The fourth-order valence-electron chi connectivity index (χ4n) is 6.80. The molecule has 0 fully saturated rings. The molecule has 0 saturated heterocycles. The van der Waals surface area contributed by atoms with Crippen LogP contribution in [0.2, 0.25) is 0 Å². The van der Waals surface area contributed by atoms with Gasteiger partial charge in [-0.25, -0.2) is 0 Å². The molecule has 1 aliphatic rings. The molecule has 0 aromatic heterocycles. The van der Waals surface area contributed by atoms with Crippen LogP contribution in [-0.4, -0.2) is 6.17 Å². The fraction of sp³-hybridized carbons (Fsp3) is 0.268. The molecule has 2 nitrogen and oxygen atoms in total. The summed E-state index contributed by atoms with van der Waals surface area (Å²) in [5.74, 6) is 0.728. The Kier molecular flexibility index (Phi) is 7.65. The third-order valence-electron chi connectivity index (χ3n) is 8.69. The number of hydrogen-bond donors (Lipinski definition) is 0. The van der Waals surface area contributed by atoms with Crippen molar-refractivity contribution in [3.8, 4) is 22.3 Å². The minimum atomic E-state index is -0.102. The van der Waals surface area contributed by atoms with Crippen molar-refractivity contribution in [1.29, 1.82) is 0 Å². The van der Waals surface area contributed by atoms with Crippen LogP contribution in [0.4, 0.5) is 22.7 Å². The highest BCUT2D eigenvalue weighted by atomic mass is 15.4. The summed E-state index contributed by atoms with van der Waals surface area (Å²) < 4.78 is 0. The Morgan fingerprint density at radius 2 is 0.837 bits per heavy atom. The van der Waals surface area contributed by atoms with Crippen molar-refractivity contribution in [2.45, 2.75) is 66.5 Å². The Morgan fingerprint density at radius 3 is 1.19 bits per heavy atom. The van der Waals surface area contributed by atoms with Gasteiger partial charge in [0.2, 0.25) is 0 Å². The summed E-state index contributed by atoms with van der Waals surface area (Å²) in [6.45, 7) is 16.5. The highest BCUT2D eigenvalue weighted by Crippen LogP contribution is 2.57. The minimum Gasteiger partial charge on any atom is -0.317 e. The van der Waals surface area contributed by atoms with E-state index >= 15 is 0 Å². The number of fused-ring (bicyclic) bond motifs is 1. The van der Waals surface area contributed by atoms with Crippen LogP contribution in [0, 0.1) is 5.41 Å². The molecule has 0 N–H and O–H groups in total. The molecule has 0 radical (unpaired) electrons. The van der Waals surface area contributed by atoms with E-state index in [1.165, 1.54) is 56.1 Å². The number of anilines is 4. The zero-order chi connectivity index (χ0) is 30.3. The summed E-state index contributed by atoms with van der Waals surface area (Å²) in [6, 6.07) is 44.6. The lowest BCUT2D eigenvalue weighted by Gasteiger charge is -2.44. The number of benzene rings is 5. The van der Waals surface area contributed by atoms with Crippen LogP contribution in [0.25, 0.3) is 22.3 Å². The van der Waals surface area contributed by atoms with Crippen molar-refractivity contribution in [1.82, 2.24) is 0 Å². The Hall–Kier alpha value is -4.30. The first-order valence-electron chi connectivity index (χ1n) is 15.7. The van der Waals surface area contributed by atoms with Crippen molar-refractivity contribution in [2.24, 2.45) is 5.41 Å². The lowest BCUT2D eigenvalue weighted by atomic mass is 9.86. The average Bonchev–Trinajstić information content (AvgIpc) is 3.36. The van der Waals surface area contributed by atoms with E-state index in [1.54, 1.807) is 0 Å². The summed E-state index contributed by atoms with van der Waals surface area (Å²) >= 11 is 0. The first kappa shape index (κ1) is 28.8. The van der Waals surface area contributed by atoms with Gasteiger partial charge in [0.05, 0.1) is 22.7 Å². The van der Waals surface area contributed by atoms with Crippen molar-refractivity contribution in [3.05, 3.63) is 132 Å². The maximum absolute atomic E-state index is 2.67. The van der Waals surface area contributed by atoms with Crippen molar-refractivity contribution in [3.63, 3.8) is 0 Å². The number of nitrogens with zero attached hydrogens (tertiary/aromatic N) is 2. The van der Waals surface area contributed by atoms with Gasteiger partial charge >= 0.3 is 0 Å². The number of para-hydroxylation sites is 4. The molecular formula is C41H44N2. The standard InChI is InChI=1S/C41H44N2/c1-28(2)32-22-16-24-34(30-18-10-8-11-19-30)38(32)42-36-26-14-15-27-37(36)43(40(42)41(5,6)7)39-33(29(3)4)23-17-25-35(39)31-20-12-9-13-21-31/h8-29,40H,1-7H3. The van der Waals surface area contributed by atoms with E-state index < -0.39 is 0 Å². The highest BCUT2D eigenvalue weighted by Gasteiger charge is 2.46. The van der Waals surface area contributed by atoms with Crippen molar-refractivity contribution >= 4 is 22.7 Å². The van der Waals surface area contributed by atoms with Gasteiger partial charge in [-0.1, -0.05) is 158 Å².